The molecular formula is C18H18N4O2S. The summed E-state index contributed by atoms with van der Waals surface area (Å²) < 4.78 is 5.97. The number of carbonyl (C=O) groups excluding carboxylic acids is 1. The number of hydrogen-bond acceptors (Lipinski definition) is 5. The van der Waals surface area contributed by atoms with Crippen molar-refractivity contribution in [3.8, 4) is 5.88 Å². The van der Waals surface area contributed by atoms with Crippen LogP contribution in [0, 0.1) is 0 Å². The Balaban J connectivity index is 1.32. The van der Waals surface area contributed by atoms with Gasteiger partial charge < -0.3 is 9.64 Å². The Bertz CT molecular complexity index is 860. The number of piperidine rings is 1. The fourth-order valence-corrected chi connectivity index (χ4v) is 3.49. The molecule has 0 atom stereocenters. The summed E-state index contributed by atoms with van der Waals surface area (Å²) >= 11 is 1.52. The SMILES string of the molecule is O=C(Nc1cccs1)N1CCC(Oc2cnc3ccccc3n2)CC1. The minimum Gasteiger partial charge on any atom is -0.473 e. The lowest BCUT2D eigenvalue weighted by Crippen LogP contribution is -2.43. The molecule has 128 valence electrons. The van der Waals surface area contributed by atoms with E-state index in [1.165, 1.54) is 11.3 Å². The van der Waals surface area contributed by atoms with Gasteiger partial charge in [0.15, 0.2) is 0 Å². The maximum Gasteiger partial charge on any atom is 0.322 e. The number of urea groups is 1. The molecule has 2 amide bonds. The lowest BCUT2D eigenvalue weighted by atomic mass is 10.1. The van der Waals surface area contributed by atoms with Crippen molar-refractivity contribution in [3.63, 3.8) is 0 Å². The third-order valence-electron chi connectivity index (χ3n) is 4.19. The Morgan fingerprint density at radius 3 is 2.72 bits per heavy atom. The first-order valence-corrected chi connectivity index (χ1v) is 9.14. The predicted octanol–water partition coefficient (Wildman–Crippen LogP) is 3.77. The first-order chi connectivity index (χ1) is 12.3. The summed E-state index contributed by atoms with van der Waals surface area (Å²) in [6.07, 6.45) is 3.29. The van der Waals surface area contributed by atoms with Crippen LogP contribution in [0.3, 0.4) is 0 Å². The van der Waals surface area contributed by atoms with Gasteiger partial charge in [0.1, 0.15) is 6.10 Å². The van der Waals surface area contributed by atoms with E-state index in [1.807, 2.05) is 46.7 Å². The van der Waals surface area contributed by atoms with Gasteiger partial charge in [0.05, 0.1) is 22.2 Å². The van der Waals surface area contributed by atoms with E-state index in [2.05, 4.69) is 15.3 Å². The summed E-state index contributed by atoms with van der Waals surface area (Å²) in [6, 6.07) is 11.5. The Hall–Kier alpha value is -2.67. The van der Waals surface area contributed by atoms with Crippen LogP contribution < -0.4 is 10.1 Å². The van der Waals surface area contributed by atoms with Gasteiger partial charge in [-0.3, -0.25) is 5.32 Å². The number of benzene rings is 1. The first kappa shape index (κ1) is 15.8. The monoisotopic (exact) mass is 354 g/mol. The number of likely N-dealkylation sites (tertiary alicyclic amines) is 1. The van der Waals surface area contributed by atoms with Gasteiger partial charge >= 0.3 is 6.03 Å². The molecule has 0 saturated carbocycles. The molecular weight excluding hydrogens is 336 g/mol. The highest BCUT2D eigenvalue weighted by Crippen LogP contribution is 2.21. The topological polar surface area (TPSA) is 67.4 Å². The maximum atomic E-state index is 12.2. The number of amides is 2. The van der Waals surface area contributed by atoms with Crippen molar-refractivity contribution in [2.24, 2.45) is 0 Å². The minimum atomic E-state index is -0.0496. The molecule has 1 aromatic carbocycles. The number of aromatic nitrogens is 2. The van der Waals surface area contributed by atoms with Crippen LogP contribution in [0.1, 0.15) is 12.8 Å². The van der Waals surface area contributed by atoms with Gasteiger partial charge in [-0.2, -0.15) is 0 Å². The molecule has 0 radical (unpaired) electrons. The van der Waals surface area contributed by atoms with E-state index in [0.717, 1.165) is 28.9 Å². The highest BCUT2D eigenvalue weighted by molar-refractivity contribution is 7.14. The molecule has 0 spiro atoms. The fraction of sp³-hybridized carbons (Fsp3) is 0.278. The molecule has 4 rings (SSSR count). The Kier molecular flexibility index (Phi) is 4.47. The van der Waals surface area contributed by atoms with Crippen molar-refractivity contribution >= 4 is 33.4 Å². The fourth-order valence-electron chi connectivity index (χ4n) is 2.88. The average molecular weight is 354 g/mol. The van der Waals surface area contributed by atoms with Crippen LogP contribution in [0.15, 0.2) is 48.0 Å². The summed E-state index contributed by atoms with van der Waals surface area (Å²) in [5, 5.41) is 5.73. The second kappa shape index (κ2) is 7.06. The van der Waals surface area contributed by atoms with Crippen LogP contribution in [-0.4, -0.2) is 40.1 Å². The minimum absolute atomic E-state index is 0.0496. The van der Waals surface area contributed by atoms with Gasteiger partial charge in [-0.1, -0.05) is 12.1 Å². The summed E-state index contributed by atoms with van der Waals surface area (Å²) in [5.74, 6) is 0.542. The van der Waals surface area contributed by atoms with E-state index in [1.54, 1.807) is 6.20 Å². The number of fused-ring (bicyclic) bond motifs is 1. The number of anilines is 1. The van der Waals surface area contributed by atoms with Crippen molar-refractivity contribution in [1.82, 2.24) is 14.9 Å². The number of ether oxygens (including phenoxy) is 1. The van der Waals surface area contributed by atoms with Gasteiger partial charge in [-0.05, 0) is 29.6 Å². The molecule has 1 aliphatic heterocycles. The molecule has 0 bridgehead atoms. The second-order valence-corrected chi connectivity index (χ2v) is 6.86. The predicted molar refractivity (Wildman–Crippen MR) is 98.1 cm³/mol. The van der Waals surface area contributed by atoms with Crippen LogP contribution in [-0.2, 0) is 0 Å². The number of nitrogens with zero attached hydrogens (tertiary/aromatic N) is 3. The molecule has 1 N–H and O–H groups in total. The van der Waals surface area contributed by atoms with E-state index < -0.39 is 0 Å². The van der Waals surface area contributed by atoms with E-state index in [-0.39, 0.29) is 12.1 Å². The molecule has 1 aliphatic rings. The summed E-state index contributed by atoms with van der Waals surface area (Å²) in [6.45, 7) is 1.34. The van der Waals surface area contributed by atoms with Gasteiger partial charge in [0, 0.05) is 25.9 Å². The van der Waals surface area contributed by atoms with Crippen molar-refractivity contribution < 1.29 is 9.53 Å². The summed E-state index contributed by atoms with van der Waals surface area (Å²) in [5.41, 5.74) is 1.68. The zero-order valence-corrected chi connectivity index (χ0v) is 14.4. The number of para-hydroxylation sites is 2. The highest BCUT2D eigenvalue weighted by atomic mass is 32.1. The molecule has 7 heteroatoms. The number of thiophene rings is 1. The first-order valence-electron chi connectivity index (χ1n) is 8.26. The molecule has 2 aromatic heterocycles. The number of rotatable bonds is 3. The Labute approximate surface area is 149 Å². The zero-order chi connectivity index (χ0) is 17.1. The van der Waals surface area contributed by atoms with Gasteiger partial charge in [-0.25, -0.2) is 14.8 Å². The third-order valence-corrected chi connectivity index (χ3v) is 4.98. The molecule has 25 heavy (non-hydrogen) atoms. The van der Waals surface area contributed by atoms with Crippen LogP contribution in [0.5, 0.6) is 5.88 Å². The average Bonchev–Trinajstić information content (AvgIpc) is 3.15. The third kappa shape index (κ3) is 3.71. The largest absolute Gasteiger partial charge is 0.473 e. The quantitative estimate of drug-likeness (QED) is 0.777. The van der Waals surface area contributed by atoms with Crippen molar-refractivity contribution in [2.75, 3.05) is 18.4 Å². The number of hydrogen-bond donors (Lipinski definition) is 1. The lowest BCUT2D eigenvalue weighted by molar-refractivity contribution is 0.111. The van der Waals surface area contributed by atoms with E-state index in [4.69, 9.17) is 4.74 Å². The zero-order valence-electron chi connectivity index (χ0n) is 13.6. The highest BCUT2D eigenvalue weighted by Gasteiger charge is 2.24. The van der Waals surface area contributed by atoms with Crippen molar-refractivity contribution in [2.45, 2.75) is 18.9 Å². The van der Waals surface area contributed by atoms with Gasteiger partial charge in [0.2, 0.25) is 5.88 Å². The van der Waals surface area contributed by atoms with Crippen LogP contribution in [0.2, 0.25) is 0 Å². The van der Waals surface area contributed by atoms with E-state index in [9.17, 15) is 4.79 Å². The van der Waals surface area contributed by atoms with Gasteiger partial charge in [-0.15, -0.1) is 11.3 Å². The van der Waals surface area contributed by atoms with Crippen molar-refractivity contribution in [3.05, 3.63) is 48.0 Å². The normalized spacial score (nSPS) is 15.3. The molecule has 1 saturated heterocycles. The summed E-state index contributed by atoms with van der Waals surface area (Å²) in [7, 11) is 0. The van der Waals surface area contributed by atoms with Crippen LogP contribution in [0.25, 0.3) is 11.0 Å². The number of carbonyl (C=O) groups is 1. The Morgan fingerprint density at radius 2 is 1.96 bits per heavy atom. The Morgan fingerprint density at radius 1 is 1.16 bits per heavy atom. The van der Waals surface area contributed by atoms with Crippen LogP contribution >= 0.6 is 11.3 Å². The standard InChI is InChI=1S/C18H18N4O2S/c23-18(21-17-6-3-11-25-17)22-9-7-13(8-10-22)24-16-12-19-14-4-1-2-5-15(14)20-16/h1-6,11-13H,7-10H2,(H,21,23). The molecule has 3 aromatic rings. The number of nitrogens with one attached hydrogen (secondary N) is 1. The van der Waals surface area contributed by atoms with Crippen LogP contribution in [0.4, 0.5) is 9.80 Å². The molecule has 0 unspecified atom stereocenters. The smallest absolute Gasteiger partial charge is 0.322 e. The maximum absolute atomic E-state index is 12.2. The van der Waals surface area contributed by atoms with Gasteiger partial charge in [0.25, 0.3) is 0 Å². The second-order valence-electron chi connectivity index (χ2n) is 5.91. The molecule has 6 nitrogen and oxygen atoms in total. The summed E-state index contributed by atoms with van der Waals surface area (Å²) in [4.78, 5) is 22.9. The molecule has 1 fully saturated rings. The lowest BCUT2D eigenvalue weighted by Gasteiger charge is -2.31. The molecule has 3 heterocycles. The molecule has 0 aliphatic carbocycles. The van der Waals surface area contributed by atoms with E-state index >= 15 is 0 Å². The van der Waals surface area contributed by atoms with Crippen molar-refractivity contribution in [1.29, 1.82) is 0 Å². The van der Waals surface area contributed by atoms with E-state index in [0.29, 0.717) is 19.0 Å².